The van der Waals surface area contributed by atoms with E-state index >= 15 is 0 Å². The molecular weight excluding hydrogens is 192 g/mol. The first-order valence-electron chi connectivity index (χ1n) is 5.83. The van der Waals surface area contributed by atoms with Crippen molar-refractivity contribution in [3.63, 3.8) is 0 Å². The van der Waals surface area contributed by atoms with E-state index in [1.165, 1.54) is 0 Å². The van der Waals surface area contributed by atoms with Gasteiger partial charge in [0.15, 0.2) is 0 Å². The van der Waals surface area contributed by atoms with Gasteiger partial charge in [0.05, 0.1) is 18.3 Å². The van der Waals surface area contributed by atoms with E-state index in [9.17, 15) is 4.79 Å². The Balaban J connectivity index is 1.88. The van der Waals surface area contributed by atoms with Crippen LogP contribution < -0.4 is 5.32 Å². The van der Waals surface area contributed by atoms with E-state index in [0.717, 1.165) is 19.4 Å². The summed E-state index contributed by atoms with van der Waals surface area (Å²) in [5, 5.41) is 3.25. The highest BCUT2D eigenvalue weighted by Gasteiger charge is 2.43. The van der Waals surface area contributed by atoms with Crippen LogP contribution in [0.15, 0.2) is 0 Å². The smallest absolute Gasteiger partial charge is 0.240 e. The fourth-order valence-electron chi connectivity index (χ4n) is 2.56. The summed E-state index contributed by atoms with van der Waals surface area (Å²) in [6.45, 7) is 6.77. The molecule has 4 nitrogen and oxygen atoms in total. The molecular formula is C11H20N2O2. The summed E-state index contributed by atoms with van der Waals surface area (Å²) in [5.74, 6) is 0.238. The molecule has 2 unspecified atom stereocenters. The van der Waals surface area contributed by atoms with Gasteiger partial charge in [-0.15, -0.1) is 0 Å². The molecule has 1 saturated heterocycles. The van der Waals surface area contributed by atoms with E-state index in [1.54, 1.807) is 0 Å². The third-order valence-corrected chi connectivity index (χ3v) is 3.40. The molecule has 1 aliphatic carbocycles. The lowest BCUT2D eigenvalue weighted by atomic mass is 9.87. The molecule has 1 aliphatic heterocycles. The molecule has 0 bridgehead atoms. The van der Waals surface area contributed by atoms with Crippen LogP contribution in [0.1, 0.15) is 33.6 Å². The van der Waals surface area contributed by atoms with E-state index in [1.807, 2.05) is 18.7 Å². The highest BCUT2D eigenvalue weighted by atomic mass is 16.5. The lowest BCUT2D eigenvalue weighted by Crippen LogP contribution is -2.52. The number of ether oxygens (including phenoxy) is 1. The van der Waals surface area contributed by atoms with Crippen LogP contribution in [0.4, 0.5) is 0 Å². The molecule has 15 heavy (non-hydrogen) atoms. The fraction of sp³-hybridized carbons (Fsp3) is 0.909. The molecule has 2 atom stereocenters. The number of hydrogen-bond donors (Lipinski definition) is 1. The van der Waals surface area contributed by atoms with E-state index < -0.39 is 0 Å². The summed E-state index contributed by atoms with van der Waals surface area (Å²) in [5.41, 5.74) is 0. The summed E-state index contributed by atoms with van der Waals surface area (Å²) >= 11 is 0. The van der Waals surface area contributed by atoms with E-state index in [-0.39, 0.29) is 18.1 Å². The molecule has 0 radical (unpaired) electrons. The topological polar surface area (TPSA) is 41.6 Å². The predicted octanol–water partition coefficient (Wildman–Crippen LogP) is 0.720. The van der Waals surface area contributed by atoms with Gasteiger partial charge in [-0.25, -0.2) is 0 Å². The highest BCUT2D eigenvalue weighted by molar-refractivity contribution is 5.84. The zero-order valence-corrected chi connectivity index (χ0v) is 9.69. The molecule has 0 aromatic rings. The standard InChI is InChI=1S/C11H20N2O2/c1-4-15-10-5-9(6-10)13-8(3)12-7(2)11(13)14/h7-10,12H,4-6H2,1-3H3. The Bertz CT molecular complexity index is 251. The van der Waals surface area contributed by atoms with Gasteiger partial charge in [-0.2, -0.15) is 0 Å². The minimum atomic E-state index is -0.0221. The first-order valence-corrected chi connectivity index (χ1v) is 5.83. The maximum atomic E-state index is 11.8. The third kappa shape index (κ3) is 1.88. The van der Waals surface area contributed by atoms with Crippen LogP contribution in [-0.2, 0) is 9.53 Å². The van der Waals surface area contributed by atoms with Crippen LogP contribution in [0.2, 0.25) is 0 Å². The van der Waals surface area contributed by atoms with Gasteiger partial charge in [0.25, 0.3) is 0 Å². The molecule has 86 valence electrons. The molecule has 2 fully saturated rings. The molecule has 1 saturated carbocycles. The van der Waals surface area contributed by atoms with Gasteiger partial charge in [-0.1, -0.05) is 0 Å². The molecule has 2 rings (SSSR count). The Kier molecular flexibility index (Phi) is 2.98. The van der Waals surface area contributed by atoms with Gasteiger partial charge >= 0.3 is 0 Å². The lowest BCUT2D eigenvalue weighted by Gasteiger charge is -2.42. The van der Waals surface area contributed by atoms with E-state index in [0.29, 0.717) is 12.1 Å². The number of carbonyl (C=O) groups is 1. The Hall–Kier alpha value is -0.610. The van der Waals surface area contributed by atoms with Crippen molar-refractivity contribution in [1.29, 1.82) is 0 Å². The zero-order valence-electron chi connectivity index (χ0n) is 9.69. The predicted molar refractivity (Wildman–Crippen MR) is 57.3 cm³/mol. The summed E-state index contributed by atoms with van der Waals surface area (Å²) in [7, 11) is 0. The van der Waals surface area contributed by atoms with Crippen LogP contribution >= 0.6 is 0 Å². The van der Waals surface area contributed by atoms with Crippen molar-refractivity contribution in [1.82, 2.24) is 10.2 Å². The summed E-state index contributed by atoms with van der Waals surface area (Å²) in [6, 6.07) is 0.368. The quantitative estimate of drug-likeness (QED) is 0.749. The van der Waals surface area contributed by atoms with Crippen molar-refractivity contribution in [2.45, 2.75) is 58.0 Å². The molecule has 2 aliphatic rings. The van der Waals surface area contributed by atoms with Gasteiger partial charge in [0.1, 0.15) is 0 Å². The van der Waals surface area contributed by atoms with Crippen molar-refractivity contribution in [2.24, 2.45) is 0 Å². The summed E-state index contributed by atoms with van der Waals surface area (Å²) in [6.07, 6.45) is 2.55. The second-order valence-electron chi connectivity index (χ2n) is 4.51. The molecule has 1 N–H and O–H groups in total. The second kappa shape index (κ2) is 4.10. The van der Waals surface area contributed by atoms with E-state index in [2.05, 4.69) is 12.2 Å². The first kappa shape index (κ1) is 10.9. The van der Waals surface area contributed by atoms with Crippen LogP contribution in [0.25, 0.3) is 0 Å². The lowest BCUT2D eigenvalue weighted by molar-refractivity contribution is -0.137. The molecule has 4 heteroatoms. The number of rotatable bonds is 3. The maximum absolute atomic E-state index is 11.8. The number of nitrogens with zero attached hydrogens (tertiary/aromatic N) is 1. The van der Waals surface area contributed by atoms with Crippen LogP contribution in [0, 0.1) is 0 Å². The Morgan fingerprint density at radius 2 is 2.13 bits per heavy atom. The van der Waals surface area contributed by atoms with Gasteiger partial charge in [-0.3, -0.25) is 10.1 Å². The highest BCUT2D eigenvalue weighted by Crippen LogP contribution is 2.31. The first-order chi connectivity index (χ1) is 7.13. The van der Waals surface area contributed by atoms with Crippen LogP contribution in [0.5, 0.6) is 0 Å². The molecule has 0 spiro atoms. The van der Waals surface area contributed by atoms with Crippen molar-refractivity contribution in [2.75, 3.05) is 6.61 Å². The summed E-state index contributed by atoms with van der Waals surface area (Å²) in [4.78, 5) is 13.8. The Morgan fingerprint density at radius 1 is 1.47 bits per heavy atom. The maximum Gasteiger partial charge on any atom is 0.240 e. The number of amides is 1. The number of hydrogen-bond acceptors (Lipinski definition) is 3. The fourth-order valence-corrected chi connectivity index (χ4v) is 2.56. The van der Waals surface area contributed by atoms with Gasteiger partial charge in [-0.05, 0) is 33.6 Å². The normalized spacial score (nSPS) is 40.7. The van der Waals surface area contributed by atoms with Gasteiger partial charge < -0.3 is 9.64 Å². The van der Waals surface area contributed by atoms with E-state index in [4.69, 9.17) is 4.74 Å². The zero-order chi connectivity index (χ0) is 11.0. The van der Waals surface area contributed by atoms with Crippen molar-refractivity contribution in [3.05, 3.63) is 0 Å². The monoisotopic (exact) mass is 212 g/mol. The minimum Gasteiger partial charge on any atom is -0.378 e. The van der Waals surface area contributed by atoms with Gasteiger partial charge in [0.2, 0.25) is 5.91 Å². The third-order valence-electron chi connectivity index (χ3n) is 3.40. The minimum absolute atomic E-state index is 0.0221. The van der Waals surface area contributed by atoms with Crippen LogP contribution in [0.3, 0.4) is 0 Å². The molecule has 1 heterocycles. The SMILES string of the molecule is CCOC1CC(N2C(=O)C(C)NC2C)C1. The van der Waals surface area contributed by atoms with Crippen LogP contribution in [-0.4, -0.2) is 41.8 Å². The molecule has 0 aromatic heterocycles. The van der Waals surface area contributed by atoms with Crippen molar-refractivity contribution >= 4 is 5.91 Å². The average Bonchev–Trinajstić information content (AvgIpc) is 2.36. The second-order valence-corrected chi connectivity index (χ2v) is 4.51. The van der Waals surface area contributed by atoms with Crippen molar-refractivity contribution < 1.29 is 9.53 Å². The summed E-state index contributed by atoms with van der Waals surface area (Å²) < 4.78 is 5.51. The average molecular weight is 212 g/mol. The largest absolute Gasteiger partial charge is 0.378 e. The number of nitrogens with one attached hydrogen (secondary N) is 1. The van der Waals surface area contributed by atoms with Gasteiger partial charge in [0, 0.05) is 12.6 Å². The van der Waals surface area contributed by atoms with Crippen molar-refractivity contribution in [3.8, 4) is 0 Å². The number of carbonyl (C=O) groups excluding carboxylic acids is 1. The molecule has 1 amide bonds. The Morgan fingerprint density at radius 3 is 2.60 bits per heavy atom. The molecule has 0 aromatic carbocycles. The Labute approximate surface area is 91.0 Å².